The number of nitrogens with one attached hydrogen (secondary N) is 1. The Balaban J connectivity index is 1.80. The normalized spacial score (nSPS) is 10.6. The number of nitrogens with zero attached hydrogens (tertiary/aromatic N) is 3. The topological polar surface area (TPSA) is 59.8 Å². The van der Waals surface area contributed by atoms with Crippen LogP contribution in [0.15, 0.2) is 42.9 Å². The molecule has 0 aliphatic heterocycles. The van der Waals surface area contributed by atoms with Crippen molar-refractivity contribution in [1.29, 1.82) is 0 Å². The standard InChI is InChI=1S/C15H14N4OS/c1-10-12(9-19(2)18-10)17-15(20)14-6-5-13(21-14)11-4-3-7-16-8-11/h3-9H,1-2H3,(H,17,20). The van der Waals surface area contributed by atoms with Gasteiger partial charge in [-0.3, -0.25) is 14.5 Å². The lowest BCUT2D eigenvalue weighted by Gasteiger charge is -2.00. The van der Waals surface area contributed by atoms with Crippen LogP contribution in [0.1, 0.15) is 15.4 Å². The molecule has 0 atom stereocenters. The molecule has 0 saturated heterocycles. The first-order chi connectivity index (χ1) is 10.1. The fourth-order valence-corrected chi connectivity index (χ4v) is 2.92. The van der Waals surface area contributed by atoms with E-state index in [1.54, 1.807) is 23.3 Å². The van der Waals surface area contributed by atoms with Crippen molar-refractivity contribution in [3.8, 4) is 10.4 Å². The van der Waals surface area contributed by atoms with Crippen LogP contribution in [0.2, 0.25) is 0 Å². The van der Waals surface area contributed by atoms with Gasteiger partial charge in [0.05, 0.1) is 16.3 Å². The average molecular weight is 298 g/mol. The summed E-state index contributed by atoms with van der Waals surface area (Å²) < 4.78 is 1.68. The first kappa shape index (κ1) is 13.5. The molecule has 106 valence electrons. The maximum Gasteiger partial charge on any atom is 0.265 e. The molecule has 0 fully saturated rings. The Morgan fingerprint density at radius 2 is 2.19 bits per heavy atom. The number of rotatable bonds is 3. The zero-order valence-electron chi connectivity index (χ0n) is 11.7. The van der Waals surface area contributed by atoms with Crippen LogP contribution in [0, 0.1) is 6.92 Å². The first-order valence-corrected chi connectivity index (χ1v) is 7.27. The molecular weight excluding hydrogens is 284 g/mol. The highest BCUT2D eigenvalue weighted by atomic mass is 32.1. The van der Waals surface area contributed by atoms with Crippen molar-refractivity contribution in [3.63, 3.8) is 0 Å². The van der Waals surface area contributed by atoms with Crippen LogP contribution < -0.4 is 5.32 Å². The van der Waals surface area contributed by atoms with E-state index in [1.807, 2.05) is 38.2 Å². The van der Waals surface area contributed by atoms with Crippen molar-refractivity contribution in [2.24, 2.45) is 7.05 Å². The molecule has 1 amide bonds. The lowest BCUT2D eigenvalue weighted by atomic mass is 10.2. The molecule has 1 N–H and O–H groups in total. The van der Waals surface area contributed by atoms with Crippen LogP contribution in [0.25, 0.3) is 10.4 Å². The van der Waals surface area contributed by atoms with E-state index < -0.39 is 0 Å². The highest BCUT2D eigenvalue weighted by Gasteiger charge is 2.13. The molecular formula is C15H14N4OS. The van der Waals surface area contributed by atoms with Gasteiger partial charge in [0, 0.05) is 36.1 Å². The molecule has 3 aromatic rings. The van der Waals surface area contributed by atoms with Crippen LogP contribution in [-0.2, 0) is 7.05 Å². The molecule has 0 radical (unpaired) electrons. The number of aryl methyl sites for hydroxylation is 2. The highest BCUT2D eigenvalue weighted by molar-refractivity contribution is 7.17. The van der Waals surface area contributed by atoms with Crippen molar-refractivity contribution < 1.29 is 4.79 Å². The fraction of sp³-hybridized carbons (Fsp3) is 0.133. The average Bonchev–Trinajstić information content (AvgIpc) is 3.07. The van der Waals surface area contributed by atoms with Crippen molar-refractivity contribution in [1.82, 2.24) is 14.8 Å². The third-order valence-corrected chi connectivity index (χ3v) is 4.17. The summed E-state index contributed by atoms with van der Waals surface area (Å²) in [6.45, 7) is 1.87. The lowest BCUT2D eigenvalue weighted by Crippen LogP contribution is -2.10. The molecule has 0 unspecified atom stereocenters. The molecule has 0 aromatic carbocycles. The molecule has 0 bridgehead atoms. The summed E-state index contributed by atoms with van der Waals surface area (Å²) in [5, 5.41) is 7.09. The number of hydrogen-bond acceptors (Lipinski definition) is 4. The molecule has 21 heavy (non-hydrogen) atoms. The monoisotopic (exact) mass is 298 g/mol. The van der Waals surface area contributed by atoms with Gasteiger partial charge in [0.1, 0.15) is 0 Å². The Labute approximate surface area is 126 Å². The number of aromatic nitrogens is 3. The molecule has 0 spiro atoms. The van der Waals surface area contributed by atoms with Gasteiger partial charge in [-0.1, -0.05) is 6.07 Å². The minimum Gasteiger partial charge on any atom is -0.318 e. The smallest absolute Gasteiger partial charge is 0.265 e. The summed E-state index contributed by atoms with van der Waals surface area (Å²) >= 11 is 1.45. The maximum absolute atomic E-state index is 12.3. The van der Waals surface area contributed by atoms with E-state index in [4.69, 9.17) is 0 Å². The number of amides is 1. The van der Waals surface area contributed by atoms with E-state index in [2.05, 4.69) is 15.4 Å². The molecule has 6 heteroatoms. The fourth-order valence-electron chi connectivity index (χ4n) is 2.03. The van der Waals surface area contributed by atoms with E-state index in [0.29, 0.717) is 4.88 Å². The van der Waals surface area contributed by atoms with E-state index in [1.165, 1.54) is 11.3 Å². The van der Waals surface area contributed by atoms with Gasteiger partial charge in [-0.2, -0.15) is 5.10 Å². The Morgan fingerprint density at radius 3 is 2.86 bits per heavy atom. The quantitative estimate of drug-likeness (QED) is 0.808. The van der Waals surface area contributed by atoms with Crippen LogP contribution in [-0.4, -0.2) is 20.7 Å². The Hall–Kier alpha value is -2.47. The zero-order valence-corrected chi connectivity index (χ0v) is 12.5. The molecule has 3 rings (SSSR count). The SMILES string of the molecule is Cc1nn(C)cc1NC(=O)c1ccc(-c2cccnc2)s1. The second-order valence-electron chi connectivity index (χ2n) is 4.66. The number of thiophene rings is 1. The van der Waals surface area contributed by atoms with Gasteiger partial charge in [-0.25, -0.2) is 0 Å². The largest absolute Gasteiger partial charge is 0.318 e. The second kappa shape index (κ2) is 5.49. The van der Waals surface area contributed by atoms with Gasteiger partial charge in [-0.15, -0.1) is 11.3 Å². The summed E-state index contributed by atoms with van der Waals surface area (Å²) in [4.78, 5) is 18.0. The van der Waals surface area contributed by atoms with Crippen LogP contribution in [0.4, 0.5) is 5.69 Å². The third kappa shape index (κ3) is 2.85. The van der Waals surface area contributed by atoms with Gasteiger partial charge in [0.25, 0.3) is 5.91 Å². The number of pyridine rings is 1. The first-order valence-electron chi connectivity index (χ1n) is 6.45. The summed E-state index contributed by atoms with van der Waals surface area (Å²) in [5.41, 5.74) is 2.55. The van der Waals surface area contributed by atoms with E-state index in [9.17, 15) is 4.79 Å². The Bertz CT molecular complexity index is 776. The molecule has 5 nitrogen and oxygen atoms in total. The summed E-state index contributed by atoms with van der Waals surface area (Å²) in [6.07, 6.45) is 5.32. The predicted molar refractivity (Wildman–Crippen MR) is 83.4 cm³/mol. The van der Waals surface area contributed by atoms with E-state index in [-0.39, 0.29) is 5.91 Å². The molecule has 0 saturated carbocycles. The number of carbonyl (C=O) groups excluding carboxylic acids is 1. The van der Waals surface area contributed by atoms with Crippen molar-refractivity contribution in [2.45, 2.75) is 6.92 Å². The number of anilines is 1. The number of carbonyl (C=O) groups is 1. The molecule has 3 heterocycles. The molecule has 3 aromatic heterocycles. The minimum absolute atomic E-state index is 0.119. The van der Waals surface area contributed by atoms with Crippen LogP contribution >= 0.6 is 11.3 Å². The van der Waals surface area contributed by atoms with Gasteiger partial charge < -0.3 is 5.32 Å². The van der Waals surface area contributed by atoms with E-state index >= 15 is 0 Å². The predicted octanol–water partition coefficient (Wildman–Crippen LogP) is 3.10. The highest BCUT2D eigenvalue weighted by Crippen LogP contribution is 2.28. The van der Waals surface area contributed by atoms with Gasteiger partial charge >= 0.3 is 0 Å². The molecule has 0 aliphatic carbocycles. The third-order valence-electron chi connectivity index (χ3n) is 3.04. The maximum atomic E-state index is 12.3. The van der Waals surface area contributed by atoms with Crippen LogP contribution in [0.5, 0.6) is 0 Å². The van der Waals surface area contributed by atoms with Gasteiger partial charge in [0.15, 0.2) is 0 Å². The van der Waals surface area contributed by atoms with Gasteiger partial charge in [-0.05, 0) is 25.1 Å². The lowest BCUT2D eigenvalue weighted by molar-refractivity contribution is 0.103. The van der Waals surface area contributed by atoms with E-state index in [0.717, 1.165) is 21.8 Å². The number of hydrogen-bond donors (Lipinski definition) is 1. The van der Waals surface area contributed by atoms with Crippen molar-refractivity contribution in [2.75, 3.05) is 5.32 Å². The minimum atomic E-state index is -0.119. The van der Waals surface area contributed by atoms with Gasteiger partial charge in [0.2, 0.25) is 0 Å². The summed E-state index contributed by atoms with van der Waals surface area (Å²) in [7, 11) is 1.83. The second-order valence-corrected chi connectivity index (χ2v) is 5.75. The summed E-state index contributed by atoms with van der Waals surface area (Å²) in [5.74, 6) is -0.119. The summed E-state index contributed by atoms with van der Waals surface area (Å²) in [6, 6.07) is 7.63. The zero-order chi connectivity index (χ0) is 14.8. The van der Waals surface area contributed by atoms with Crippen molar-refractivity contribution >= 4 is 22.9 Å². The molecule has 0 aliphatic rings. The van der Waals surface area contributed by atoms with Crippen LogP contribution in [0.3, 0.4) is 0 Å². The van der Waals surface area contributed by atoms with Crippen molar-refractivity contribution in [3.05, 3.63) is 53.4 Å². The Morgan fingerprint density at radius 1 is 1.33 bits per heavy atom. The Kier molecular flexibility index (Phi) is 3.53.